The lowest BCUT2D eigenvalue weighted by atomic mass is 9.77. The number of aromatic amines is 1. The van der Waals surface area contributed by atoms with Gasteiger partial charge in [-0.1, -0.05) is 119 Å². The second-order valence-electron chi connectivity index (χ2n) is 20.5. The largest absolute Gasteiger partial charge is 0.506 e. The van der Waals surface area contributed by atoms with Gasteiger partial charge in [0, 0.05) is 34.4 Å². The van der Waals surface area contributed by atoms with Crippen LogP contribution in [0.1, 0.15) is 142 Å². The molecule has 2 heterocycles. The molecule has 4 aliphatic rings. The maximum atomic E-state index is 14.7. The van der Waals surface area contributed by atoms with Crippen molar-refractivity contribution in [3.05, 3.63) is 105 Å². The molecule has 1 aromatic heterocycles. The molecule has 0 saturated carbocycles. The number of rotatable bonds is 2. The van der Waals surface area contributed by atoms with Crippen molar-refractivity contribution < 1.29 is 9.90 Å². The van der Waals surface area contributed by atoms with Gasteiger partial charge < -0.3 is 10.1 Å². The molecule has 2 unspecified atom stereocenters. The second kappa shape index (κ2) is 11.1. The predicted molar refractivity (Wildman–Crippen MR) is 223 cm³/mol. The Morgan fingerprint density at radius 3 is 1.85 bits per heavy atom. The number of nitrogens with zero attached hydrogens (tertiary/aromatic N) is 1. The fourth-order valence-electron chi connectivity index (χ4n) is 9.11. The molecule has 4 heteroatoms. The number of Topliss-reactive ketones (excluding diaryl/α,β-unsaturated/α-hetero) is 1. The van der Waals surface area contributed by atoms with Crippen molar-refractivity contribution in [2.75, 3.05) is 0 Å². The average Bonchev–Trinajstić information content (AvgIpc) is 3.74. The summed E-state index contributed by atoms with van der Waals surface area (Å²) in [6.07, 6.45) is 3.34. The van der Waals surface area contributed by atoms with Gasteiger partial charge in [0.15, 0.2) is 0 Å². The van der Waals surface area contributed by atoms with E-state index in [9.17, 15) is 9.90 Å². The Labute approximate surface area is 316 Å². The number of aliphatic imine (C=N–C) groups is 1. The molecule has 8 rings (SSSR count). The number of H-pyrrole nitrogens is 1. The number of hydrogen-bond acceptors (Lipinski definition) is 3. The first kappa shape index (κ1) is 35.6. The lowest BCUT2D eigenvalue weighted by molar-refractivity contribution is -0.111. The quantitative estimate of drug-likeness (QED) is 0.180. The van der Waals surface area contributed by atoms with Crippen molar-refractivity contribution in [2.45, 2.75) is 126 Å². The number of ketones is 1. The number of hydrogen-bond donors (Lipinski definition) is 2. The lowest BCUT2D eigenvalue weighted by Gasteiger charge is -2.26. The van der Waals surface area contributed by atoms with Crippen molar-refractivity contribution in [1.82, 2.24) is 4.98 Å². The number of nitrogens with one attached hydrogen (secondary N) is 1. The zero-order chi connectivity index (χ0) is 38.5. The van der Waals surface area contributed by atoms with E-state index in [4.69, 9.17) is 4.99 Å². The number of allylic oxidation sites excluding steroid dienone is 5. The van der Waals surface area contributed by atoms with Gasteiger partial charge in [0.25, 0.3) is 0 Å². The lowest BCUT2D eigenvalue weighted by Crippen LogP contribution is -2.24. The molecule has 4 aromatic rings. The molecule has 2 N–H and O–H groups in total. The maximum absolute atomic E-state index is 14.7. The van der Waals surface area contributed by atoms with Crippen LogP contribution in [-0.4, -0.2) is 21.6 Å². The molecule has 0 fully saturated rings. The number of carbonyl (C=O) groups excluding carboxylic acids is 1. The van der Waals surface area contributed by atoms with Crippen molar-refractivity contribution in [3.8, 4) is 22.3 Å². The topological polar surface area (TPSA) is 65.5 Å². The monoisotopic (exact) mass is 704 g/mol. The number of aryl methyl sites for hydroxylation is 1. The zero-order valence-corrected chi connectivity index (χ0v) is 34.3. The first-order valence-corrected chi connectivity index (χ1v) is 19.5. The number of fused-ring (bicyclic) bond motifs is 6. The molecule has 0 amide bonds. The summed E-state index contributed by atoms with van der Waals surface area (Å²) in [5.41, 5.74) is 16.2. The van der Waals surface area contributed by atoms with E-state index < -0.39 is 0 Å². The zero-order valence-electron chi connectivity index (χ0n) is 34.3. The van der Waals surface area contributed by atoms with Gasteiger partial charge in [-0.05, 0) is 109 Å². The summed E-state index contributed by atoms with van der Waals surface area (Å²) >= 11 is 0. The fourth-order valence-corrected chi connectivity index (χ4v) is 9.11. The van der Waals surface area contributed by atoms with Gasteiger partial charge in [0.05, 0.1) is 22.5 Å². The van der Waals surface area contributed by atoms with E-state index in [2.05, 4.69) is 150 Å². The van der Waals surface area contributed by atoms with E-state index in [0.29, 0.717) is 22.5 Å². The number of aromatic nitrogens is 1. The maximum Gasteiger partial charge on any atom is 0.204 e. The van der Waals surface area contributed by atoms with Crippen LogP contribution in [0.5, 0.6) is 0 Å². The van der Waals surface area contributed by atoms with E-state index >= 15 is 0 Å². The number of aliphatic hydroxyl groups excluding tert-OH is 1. The number of aliphatic hydroxyl groups is 1. The average molecular weight is 705 g/mol. The normalized spacial score (nSPS) is 21.8. The third-order valence-electron chi connectivity index (χ3n) is 12.1. The Kier molecular flexibility index (Phi) is 7.42. The SMILES string of the molecule is CC1=N/C(=C2\C(=O)C(c3[nH]c(C)c4c3-c3cc(C(C)(C)C)cc5cc(C(C)(C)C)cc-4c35)=C2O)C2c3cc(C(C)(C)C)ccc3/C(=C\CC(C)(C)C)C12. The van der Waals surface area contributed by atoms with Gasteiger partial charge in [0.2, 0.25) is 5.78 Å². The van der Waals surface area contributed by atoms with Gasteiger partial charge in [-0.25, -0.2) is 0 Å². The highest BCUT2D eigenvalue weighted by molar-refractivity contribution is 6.40. The summed E-state index contributed by atoms with van der Waals surface area (Å²) in [5.74, 6) is -0.137. The van der Waals surface area contributed by atoms with Crippen molar-refractivity contribution in [2.24, 2.45) is 16.3 Å². The van der Waals surface area contributed by atoms with Crippen molar-refractivity contribution in [1.29, 1.82) is 0 Å². The highest BCUT2D eigenvalue weighted by atomic mass is 16.3. The Morgan fingerprint density at radius 2 is 1.30 bits per heavy atom. The van der Waals surface area contributed by atoms with E-state index in [-0.39, 0.29) is 45.0 Å². The second-order valence-corrected chi connectivity index (χ2v) is 20.5. The summed E-state index contributed by atoms with van der Waals surface area (Å²) in [4.78, 5) is 23.5. The van der Waals surface area contributed by atoms with Crippen LogP contribution in [0.4, 0.5) is 0 Å². The minimum atomic E-state index is -0.131. The van der Waals surface area contributed by atoms with Gasteiger partial charge in [-0.2, -0.15) is 0 Å². The molecule has 0 radical (unpaired) electrons. The van der Waals surface area contributed by atoms with Gasteiger partial charge in [-0.3, -0.25) is 9.79 Å². The van der Waals surface area contributed by atoms with Crippen molar-refractivity contribution in [3.63, 3.8) is 0 Å². The number of benzene rings is 3. The Balaban J connectivity index is 1.32. The smallest absolute Gasteiger partial charge is 0.204 e. The highest BCUT2D eigenvalue weighted by Crippen LogP contribution is 2.59. The Bertz CT molecular complexity index is 2440. The minimum absolute atomic E-state index is 0.0293. The van der Waals surface area contributed by atoms with E-state index in [0.717, 1.165) is 34.5 Å². The molecular formula is C49H56N2O2. The third-order valence-corrected chi connectivity index (χ3v) is 12.1. The van der Waals surface area contributed by atoms with E-state index in [1.54, 1.807) is 0 Å². The molecule has 53 heavy (non-hydrogen) atoms. The standard InChI is InChI=1S/C49H56N2O2/c1-24-35-31(17-18-46(3,4)5)30-16-15-27(47(6,7)8)21-32(30)38(35)42(50-24)40-44(52)41(45(40)53)43-39-34-23-29(49(12,13)14)20-26-19-28(48(9,10)11)22-33(37(26)34)36(39)25(2)51-43/h15-17,19-23,35,38,51-52H,18H2,1-14H3/b31-17+,42-40-. The molecular weight excluding hydrogens is 649 g/mol. The predicted octanol–water partition coefficient (Wildman–Crippen LogP) is 12.8. The van der Waals surface area contributed by atoms with Gasteiger partial charge in [-0.15, -0.1) is 0 Å². The summed E-state index contributed by atoms with van der Waals surface area (Å²) in [5, 5.41) is 14.6. The number of carbonyl (C=O) groups is 1. The van der Waals surface area contributed by atoms with Crippen molar-refractivity contribution >= 4 is 33.4 Å². The van der Waals surface area contributed by atoms with Gasteiger partial charge >= 0.3 is 0 Å². The van der Waals surface area contributed by atoms with Crippen LogP contribution >= 0.6 is 0 Å². The van der Waals surface area contributed by atoms with Crippen LogP contribution in [0.15, 0.2) is 70.6 Å². The van der Waals surface area contributed by atoms with Crippen LogP contribution in [0.3, 0.4) is 0 Å². The van der Waals surface area contributed by atoms with Crippen LogP contribution in [0.25, 0.3) is 44.2 Å². The van der Waals surface area contributed by atoms with Crippen LogP contribution < -0.4 is 0 Å². The molecule has 4 nitrogen and oxygen atoms in total. The van der Waals surface area contributed by atoms with Gasteiger partial charge in [0.1, 0.15) is 5.76 Å². The first-order valence-electron chi connectivity index (χ1n) is 19.5. The summed E-state index contributed by atoms with van der Waals surface area (Å²) in [6, 6.07) is 16.2. The van der Waals surface area contributed by atoms with Crippen LogP contribution in [0.2, 0.25) is 0 Å². The van der Waals surface area contributed by atoms with E-state index in [1.807, 2.05) is 0 Å². The molecule has 0 saturated heterocycles. The molecule has 3 aromatic carbocycles. The summed E-state index contributed by atoms with van der Waals surface area (Å²) in [6.45, 7) is 31.3. The molecule has 2 atom stereocenters. The first-order chi connectivity index (χ1) is 24.5. The molecule has 0 bridgehead atoms. The fraction of sp³-hybridized carbons (Fsp3) is 0.429. The highest BCUT2D eigenvalue weighted by Gasteiger charge is 2.50. The van der Waals surface area contributed by atoms with Crippen LogP contribution in [0, 0.1) is 18.3 Å². The van der Waals surface area contributed by atoms with E-state index in [1.165, 1.54) is 49.7 Å². The summed E-state index contributed by atoms with van der Waals surface area (Å²) < 4.78 is 0. The molecule has 0 spiro atoms. The summed E-state index contributed by atoms with van der Waals surface area (Å²) in [7, 11) is 0. The third kappa shape index (κ3) is 5.29. The molecule has 1 aliphatic heterocycles. The molecule has 3 aliphatic carbocycles. The van der Waals surface area contributed by atoms with Crippen LogP contribution in [-0.2, 0) is 21.0 Å². The Morgan fingerprint density at radius 1 is 0.717 bits per heavy atom. The Hall–Kier alpha value is -4.44. The minimum Gasteiger partial charge on any atom is -0.506 e. The molecule has 274 valence electrons.